The minimum Gasteiger partial charge on any atom is -0.364 e. The third-order valence-electron chi connectivity index (χ3n) is 1.45. The van der Waals surface area contributed by atoms with Gasteiger partial charge in [0.1, 0.15) is 12.2 Å². The molecule has 0 amide bonds. The van der Waals surface area contributed by atoms with Gasteiger partial charge < -0.3 is 10.3 Å². The Balaban J connectivity index is 2.84. The Morgan fingerprint density at radius 1 is 1.58 bits per heavy atom. The molecule has 6 heteroatoms. The molecule has 1 unspecified atom stereocenters. The van der Waals surface area contributed by atoms with Gasteiger partial charge in [-0.05, 0) is 0 Å². The summed E-state index contributed by atoms with van der Waals surface area (Å²) in [6.45, 7) is -0.518. The highest BCUT2D eigenvalue weighted by molar-refractivity contribution is 5.07. The van der Waals surface area contributed by atoms with E-state index in [0.29, 0.717) is 0 Å². The summed E-state index contributed by atoms with van der Waals surface area (Å²) in [4.78, 5) is 0. The Hall–Kier alpha value is -1.04. The molecule has 1 aromatic heterocycles. The molecule has 2 N–H and O–H groups in total. The van der Waals surface area contributed by atoms with Crippen LogP contribution < -0.4 is 5.73 Å². The van der Waals surface area contributed by atoms with E-state index in [-0.39, 0.29) is 5.69 Å². The number of aromatic nitrogens is 1. The van der Waals surface area contributed by atoms with Gasteiger partial charge in [0.2, 0.25) is 0 Å². The van der Waals surface area contributed by atoms with E-state index >= 15 is 0 Å². The van der Waals surface area contributed by atoms with Crippen LogP contribution in [-0.4, -0.2) is 17.9 Å². The fraction of sp³-hybridized carbons (Fsp3) is 0.500. The molecule has 3 nitrogen and oxygen atoms in total. The lowest BCUT2D eigenvalue weighted by Gasteiger charge is -2.14. The first kappa shape index (κ1) is 9.05. The Labute approximate surface area is 66.3 Å². The molecule has 1 heterocycles. The predicted octanol–water partition coefficient (Wildman–Crippen LogP) is 1.28. The van der Waals surface area contributed by atoms with Crippen LogP contribution >= 0.6 is 0 Å². The lowest BCUT2D eigenvalue weighted by atomic mass is 10.1. The van der Waals surface area contributed by atoms with Crippen LogP contribution in [0.1, 0.15) is 11.6 Å². The number of alkyl halides is 3. The van der Waals surface area contributed by atoms with E-state index in [1.807, 2.05) is 0 Å². The second-order valence-electron chi connectivity index (χ2n) is 2.25. The van der Waals surface area contributed by atoms with Gasteiger partial charge in [-0.15, -0.1) is 0 Å². The van der Waals surface area contributed by atoms with Crippen molar-refractivity contribution >= 4 is 0 Å². The van der Waals surface area contributed by atoms with Crippen molar-refractivity contribution in [3.8, 4) is 0 Å². The zero-order valence-electron chi connectivity index (χ0n) is 6.01. The number of hydrogen-bond donors (Lipinski definition) is 1. The van der Waals surface area contributed by atoms with Crippen LogP contribution in [0.3, 0.4) is 0 Å². The molecule has 12 heavy (non-hydrogen) atoms. The molecular formula is C6H7F3N2O. The molecule has 1 rings (SSSR count). The summed E-state index contributed by atoms with van der Waals surface area (Å²) in [6, 6.07) is 1.16. The quantitative estimate of drug-likeness (QED) is 0.745. The zero-order chi connectivity index (χ0) is 9.19. The highest BCUT2D eigenvalue weighted by Crippen LogP contribution is 2.32. The summed E-state index contributed by atoms with van der Waals surface area (Å²) >= 11 is 0. The maximum Gasteiger partial charge on any atom is 0.398 e. The minimum atomic E-state index is -4.36. The Morgan fingerprint density at radius 3 is 2.58 bits per heavy atom. The fourth-order valence-electron chi connectivity index (χ4n) is 0.824. The smallest absolute Gasteiger partial charge is 0.364 e. The first-order valence-electron chi connectivity index (χ1n) is 3.22. The average molecular weight is 180 g/mol. The Bertz CT molecular complexity index is 231. The topological polar surface area (TPSA) is 52.0 Å². The highest BCUT2D eigenvalue weighted by atomic mass is 19.4. The minimum absolute atomic E-state index is 0.176. The van der Waals surface area contributed by atoms with Crippen molar-refractivity contribution in [2.75, 3.05) is 6.54 Å². The van der Waals surface area contributed by atoms with Gasteiger partial charge in [0.05, 0.1) is 5.69 Å². The second-order valence-corrected chi connectivity index (χ2v) is 2.25. The van der Waals surface area contributed by atoms with E-state index < -0.39 is 18.6 Å². The van der Waals surface area contributed by atoms with Crippen LogP contribution in [0.25, 0.3) is 0 Å². The van der Waals surface area contributed by atoms with Gasteiger partial charge in [0.25, 0.3) is 0 Å². The number of rotatable bonds is 2. The molecule has 0 spiro atoms. The van der Waals surface area contributed by atoms with Crippen LogP contribution in [0, 0.1) is 0 Å². The van der Waals surface area contributed by atoms with Gasteiger partial charge in [-0.3, -0.25) is 0 Å². The highest BCUT2D eigenvalue weighted by Gasteiger charge is 2.41. The van der Waals surface area contributed by atoms with Crippen LogP contribution in [0.4, 0.5) is 13.2 Å². The van der Waals surface area contributed by atoms with Gasteiger partial charge >= 0.3 is 6.18 Å². The third-order valence-corrected chi connectivity index (χ3v) is 1.45. The normalized spacial score (nSPS) is 14.7. The van der Waals surface area contributed by atoms with E-state index in [1.54, 1.807) is 0 Å². The van der Waals surface area contributed by atoms with Crippen LogP contribution in [0.5, 0.6) is 0 Å². The number of nitrogens with two attached hydrogens (primary N) is 1. The number of nitrogens with zero attached hydrogens (tertiary/aromatic N) is 1. The summed E-state index contributed by atoms with van der Waals surface area (Å²) in [5.41, 5.74) is 4.77. The molecule has 0 fully saturated rings. The van der Waals surface area contributed by atoms with E-state index in [2.05, 4.69) is 9.68 Å². The molecule has 0 aliphatic rings. The van der Waals surface area contributed by atoms with Crippen LogP contribution in [0.2, 0.25) is 0 Å². The monoisotopic (exact) mass is 180 g/mol. The standard InChI is InChI=1S/C6H7F3N2O/c7-6(8,9)4(3-10)5-1-2-12-11-5/h1-2,4H,3,10H2. The van der Waals surface area contributed by atoms with E-state index in [4.69, 9.17) is 5.73 Å². The molecule has 0 aliphatic heterocycles. The van der Waals surface area contributed by atoms with Gasteiger partial charge in [-0.25, -0.2) is 0 Å². The van der Waals surface area contributed by atoms with E-state index in [1.165, 1.54) is 0 Å². The lowest BCUT2D eigenvalue weighted by Crippen LogP contribution is -2.28. The maximum atomic E-state index is 12.1. The summed E-state index contributed by atoms with van der Waals surface area (Å²) < 4.78 is 40.7. The molecule has 1 aromatic rings. The van der Waals surface area contributed by atoms with Gasteiger partial charge in [0, 0.05) is 12.6 Å². The SMILES string of the molecule is NCC(c1ccon1)C(F)(F)F. The summed E-state index contributed by atoms with van der Waals surface area (Å²) in [5, 5.41) is 3.18. The third kappa shape index (κ3) is 1.76. The first-order chi connectivity index (χ1) is 5.55. The van der Waals surface area contributed by atoms with Crippen molar-refractivity contribution in [3.63, 3.8) is 0 Å². The molecule has 0 bridgehead atoms. The molecule has 0 radical (unpaired) electrons. The van der Waals surface area contributed by atoms with Gasteiger partial charge in [-0.2, -0.15) is 13.2 Å². The molecule has 1 atom stereocenters. The van der Waals surface area contributed by atoms with Crippen molar-refractivity contribution in [2.45, 2.75) is 12.1 Å². The maximum absolute atomic E-state index is 12.1. The molecule has 0 saturated carbocycles. The lowest BCUT2D eigenvalue weighted by molar-refractivity contribution is -0.149. The Kier molecular flexibility index (Phi) is 2.37. The molecule has 0 aromatic carbocycles. The average Bonchev–Trinajstić information content (AvgIpc) is 2.38. The van der Waals surface area contributed by atoms with Crippen molar-refractivity contribution in [3.05, 3.63) is 18.0 Å². The largest absolute Gasteiger partial charge is 0.398 e. The summed E-state index contributed by atoms with van der Waals surface area (Å²) in [6.07, 6.45) is -3.27. The van der Waals surface area contributed by atoms with Crippen molar-refractivity contribution < 1.29 is 17.7 Å². The van der Waals surface area contributed by atoms with Gasteiger partial charge in [-0.1, -0.05) is 5.16 Å². The molecule has 0 aliphatic carbocycles. The number of halogens is 3. The molecule has 68 valence electrons. The number of hydrogen-bond acceptors (Lipinski definition) is 3. The van der Waals surface area contributed by atoms with Crippen LogP contribution in [-0.2, 0) is 0 Å². The van der Waals surface area contributed by atoms with E-state index in [9.17, 15) is 13.2 Å². The first-order valence-corrected chi connectivity index (χ1v) is 3.22. The van der Waals surface area contributed by atoms with Crippen molar-refractivity contribution in [2.24, 2.45) is 5.73 Å². The predicted molar refractivity (Wildman–Crippen MR) is 34.4 cm³/mol. The van der Waals surface area contributed by atoms with Crippen LogP contribution in [0.15, 0.2) is 16.9 Å². The summed E-state index contributed by atoms with van der Waals surface area (Å²) in [5.74, 6) is -1.73. The Morgan fingerprint density at radius 2 is 2.25 bits per heavy atom. The summed E-state index contributed by atoms with van der Waals surface area (Å²) in [7, 11) is 0. The second kappa shape index (κ2) is 3.14. The van der Waals surface area contributed by atoms with E-state index in [0.717, 1.165) is 12.3 Å². The molecular weight excluding hydrogens is 173 g/mol. The zero-order valence-corrected chi connectivity index (χ0v) is 6.01. The fourth-order valence-corrected chi connectivity index (χ4v) is 0.824. The molecule has 0 saturated heterocycles. The van der Waals surface area contributed by atoms with Gasteiger partial charge in [0.15, 0.2) is 0 Å². The van der Waals surface area contributed by atoms with Crippen molar-refractivity contribution in [1.29, 1.82) is 0 Å². The van der Waals surface area contributed by atoms with Crippen molar-refractivity contribution in [1.82, 2.24) is 5.16 Å².